The molecule has 0 spiro atoms. The van der Waals surface area contributed by atoms with Crippen molar-refractivity contribution in [1.82, 2.24) is 0 Å². The fourth-order valence-corrected chi connectivity index (χ4v) is 0.358. The molecule has 0 saturated heterocycles. The van der Waals surface area contributed by atoms with Crippen LogP contribution in [0.4, 0.5) is 0 Å². The summed E-state index contributed by atoms with van der Waals surface area (Å²) < 4.78 is 3.98. The van der Waals surface area contributed by atoms with Crippen molar-refractivity contribution in [1.29, 1.82) is 0 Å². The molecule has 0 radical (unpaired) electrons. The topological polar surface area (TPSA) is 101 Å². The third kappa shape index (κ3) is 5.57. The van der Waals surface area contributed by atoms with Crippen LogP contribution >= 0.6 is 0 Å². The number of ether oxygens (including phenoxy) is 1. The first kappa shape index (κ1) is 11.3. The molecule has 0 aliphatic heterocycles. The standard InChI is InChI=1S/C7H8O6/c1-4(8)7(12)13-6(11)3-2-5(9)10/h2-4,8H,1H3,(H,9,10). The van der Waals surface area contributed by atoms with Crippen LogP contribution in [0.25, 0.3) is 0 Å². The summed E-state index contributed by atoms with van der Waals surface area (Å²) in [7, 11) is 0. The van der Waals surface area contributed by atoms with E-state index < -0.39 is 24.0 Å². The molecule has 0 aromatic rings. The lowest BCUT2D eigenvalue weighted by Crippen LogP contribution is -2.21. The second-order valence-electron chi connectivity index (χ2n) is 2.09. The maximum atomic E-state index is 10.6. The van der Waals surface area contributed by atoms with Crippen molar-refractivity contribution in [3.8, 4) is 0 Å². The summed E-state index contributed by atoms with van der Waals surface area (Å²) in [6.45, 7) is 1.12. The quantitative estimate of drug-likeness (QED) is 0.337. The number of hydrogen-bond donors (Lipinski definition) is 2. The van der Waals surface area contributed by atoms with E-state index in [-0.39, 0.29) is 0 Å². The van der Waals surface area contributed by atoms with Crippen LogP contribution in [0.3, 0.4) is 0 Å². The Labute approximate surface area is 73.4 Å². The Bertz CT molecular complexity index is 252. The number of aliphatic carboxylic acids is 1. The average molecular weight is 188 g/mol. The Hall–Kier alpha value is -1.69. The molecule has 0 aliphatic rings. The van der Waals surface area contributed by atoms with Gasteiger partial charge in [-0.05, 0) is 6.92 Å². The van der Waals surface area contributed by atoms with Crippen LogP contribution < -0.4 is 0 Å². The van der Waals surface area contributed by atoms with Gasteiger partial charge < -0.3 is 14.9 Å². The molecule has 0 bridgehead atoms. The predicted molar refractivity (Wildman–Crippen MR) is 39.6 cm³/mol. The molecule has 0 aromatic heterocycles. The maximum absolute atomic E-state index is 10.6. The first-order valence-electron chi connectivity index (χ1n) is 3.28. The number of aliphatic hydroxyl groups is 1. The molecule has 0 fully saturated rings. The van der Waals surface area contributed by atoms with Gasteiger partial charge in [0, 0.05) is 12.2 Å². The van der Waals surface area contributed by atoms with Gasteiger partial charge >= 0.3 is 17.9 Å². The first-order chi connectivity index (χ1) is 5.93. The lowest BCUT2D eigenvalue weighted by molar-refractivity contribution is -0.162. The fraction of sp³-hybridized carbons (Fsp3) is 0.286. The summed E-state index contributed by atoms with van der Waals surface area (Å²) in [6, 6.07) is 0. The predicted octanol–water partition coefficient (Wildman–Crippen LogP) is -0.922. The summed E-state index contributed by atoms with van der Waals surface area (Å²) in [6.07, 6.45) is -0.317. The second kappa shape index (κ2) is 5.04. The summed E-state index contributed by atoms with van der Waals surface area (Å²) in [5.41, 5.74) is 0. The van der Waals surface area contributed by atoms with Crippen LogP contribution in [0.2, 0.25) is 0 Å². The molecular formula is C7H8O6. The molecule has 0 rings (SSSR count). The summed E-state index contributed by atoms with van der Waals surface area (Å²) in [4.78, 5) is 31.0. The Morgan fingerprint density at radius 2 is 1.85 bits per heavy atom. The highest BCUT2D eigenvalue weighted by atomic mass is 16.6. The van der Waals surface area contributed by atoms with Crippen molar-refractivity contribution >= 4 is 17.9 Å². The molecule has 2 N–H and O–H groups in total. The van der Waals surface area contributed by atoms with E-state index in [2.05, 4.69) is 4.74 Å². The fourth-order valence-electron chi connectivity index (χ4n) is 0.358. The van der Waals surface area contributed by atoms with Crippen molar-refractivity contribution in [2.24, 2.45) is 0 Å². The van der Waals surface area contributed by atoms with Gasteiger partial charge in [0.1, 0.15) is 6.10 Å². The molecule has 13 heavy (non-hydrogen) atoms. The lowest BCUT2D eigenvalue weighted by atomic mass is 10.4. The molecule has 0 amide bonds. The van der Waals surface area contributed by atoms with Crippen LogP contribution in [-0.2, 0) is 19.1 Å². The van der Waals surface area contributed by atoms with Gasteiger partial charge in [-0.3, -0.25) is 0 Å². The van der Waals surface area contributed by atoms with Gasteiger partial charge in [-0.1, -0.05) is 0 Å². The van der Waals surface area contributed by atoms with Gasteiger partial charge in [0.15, 0.2) is 0 Å². The van der Waals surface area contributed by atoms with Crippen molar-refractivity contribution in [2.45, 2.75) is 13.0 Å². The van der Waals surface area contributed by atoms with Crippen LogP contribution in [0.1, 0.15) is 6.92 Å². The van der Waals surface area contributed by atoms with Gasteiger partial charge in [0.05, 0.1) is 0 Å². The van der Waals surface area contributed by atoms with Crippen LogP contribution in [0.15, 0.2) is 12.2 Å². The van der Waals surface area contributed by atoms with E-state index in [9.17, 15) is 14.4 Å². The van der Waals surface area contributed by atoms with Gasteiger partial charge in [0.2, 0.25) is 0 Å². The van der Waals surface area contributed by atoms with E-state index in [1.807, 2.05) is 0 Å². The highest BCUT2D eigenvalue weighted by molar-refractivity contribution is 5.96. The Kier molecular flexibility index (Phi) is 4.39. The zero-order chi connectivity index (χ0) is 10.4. The number of esters is 2. The molecular weight excluding hydrogens is 180 g/mol. The number of carboxylic acid groups (broad SMARTS) is 1. The smallest absolute Gasteiger partial charge is 0.342 e. The molecule has 72 valence electrons. The number of rotatable bonds is 3. The van der Waals surface area contributed by atoms with Gasteiger partial charge in [-0.25, -0.2) is 14.4 Å². The highest BCUT2D eigenvalue weighted by Crippen LogP contribution is 1.89. The molecule has 1 atom stereocenters. The number of carboxylic acids is 1. The molecule has 6 heteroatoms. The van der Waals surface area contributed by atoms with Crippen LogP contribution in [0.5, 0.6) is 0 Å². The van der Waals surface area contributed by atoms with Gasteiger partial charge in [-0.15, -0.1) is 0 Å². The zero-order valence-corrected chi connectivity index (χ0v) is 6.76. The first-order valence-corrected chi connectivity index (χ1v) is 3.28. The number of carbonyl (C=O) groups excluding carboxylic acids is 2. The minimum Gasteiger partial charge on any atom is -0.478 e. The normalized spacial score (nSPS) is 12.5. The molecule has 6 nitrogen and oxygen atoms in total. The third-order valence-corrected chi connectivity index (χ3v) is 0.904. The van der Waals surface area contributed by atoms with Crippen molar-refractivity contribution in [3.63, 3.8) is 0 Å². The number of aliphatic hydroxyl groups excluding tert-OH is 1. The molecule has 1 unspecified atom stereocenters. The second-order valence-corrected chi connectivity index (χ2v) is 2.09. The average Bonchev–Trinajstić information content (AvgIpc) is 2.00. The molecule has 0 heterocycles. The zero-order valence-electron chi connectivity index (χ0n) is 6.76. The SMILES string of the molecule is CC(O)C(=O)OC(=O)C=CC(=O)O. The van der Waals surface area contributed by atoms with Crippen molar-refractivity contribution in [3.05, 3.63) is 12.2 Å². The molecule has 0 saturated carbocycles. The lowest BCUT2D eigenvalue weighted by Gasteiger charge is -2.00. The third-order valence-electron chi connectivity index (χ3n) is 0.904. The van der Waals surface area contributed by atoms with Crippen molar-refractivity contribution < 1.29 is 29.3 Å². The minimum atomic E-state index is -1.41. The number of carbonyl (C=O) groups is 3. The van der Waals surface area contributed by atoms with E-state index >= 15 is 0 Å². The Morgan fingerprint density at radius 1 is 1.31 bits per heavy atom. The highest BCUT2D eigenvalue weighted by Gasteiger charge is 2.13. The maximum Gasteiger partial charge on any atom is 0.342 e. The molecule has 0 aliphatic carbocycles. The summed E-state index contributed by atoms with van der Waals surface area (Å²) >= 11 is 0. The number of hydrogen-bond acceptors (Lipinski definition) is 5. The van der Waals surface area contributed by atoms with E-state index in [1.165, 1.54) is 0 Å². The van der Waals surface area contributed by atoms with E-state index in [1.54, 1.807) is 0 Å². The van der Waals surface area contributed by atoms with E-state index in [0.29, 0.717) is 12.2 Å². The monoisotopic (exact) mass is 188 g/mol. The van der Waals surface area contributed by atoms with Crippen LogP contribution in [-0.4, -0.2) is 34.2 Å². The Balaban J connectivity index is 4.02. The van der Waals surface area contributed by atoms with E-state index in [0.717, 1.165) is 6.92 Å². The largest absolute Gasteiger partial charge is 0.478 e. The van der Waals surface area contributed by atoms with Crippen LogP contribution in [0, 0.1) is 0 Å². The Morgan fingerprint density at radius 3 is 2.23 bits per heavy atom. The summed E-state index contributed by atoms with van der Waals surface area (Å²) in [5.74, 6) is -3.59. The van der Waals surface area contributed by atoms with E-state index in [4.69, 9.17) is 10.2 Å². The molecule has 0 aromatic carbocycles. The van der Waals surface area contributed by atoms with Gasteiger partial charge in [0.25, 0.3) is 0 Å². The van der Waals surface area contributed by atoms with Crippen molar-refractivity contribution in [2.75, 3.05) is 0 Å². The van der Waals surface area contributed by atoms with Gasteiger partial charge in [-0.2, -0.15) is 0 Å². The minimum absolute atomic E-state index is 0.525. The summed E-state index contributed by atoms with van der Waals surface area (Å²) in [5, 5.41) is 16.7.